The summed E-state index contributed by atoms with van der Waals surface area (Å²) in [5.41, 5.74) is 6.71. The zero-order valence-electron chi connectivity index (χ0n) is 17.9. The number of ether oxygens (including phenoxy) is 1. The molecule has 2 aromatic carbocycles. The lowest BCUT2D eigenvalue weighted by molar-refractivity contribution is -0.115. The molecule has 1 N–H and O–H groups in total. The van der Waals surface area contributed by atoms with Crippen molar-refractivity contribution in [2.75, 3.05) is 31.6 Å². The van der Waals surface area contributed by atoms with Gasteiger partial charge in [-0.2, -0.15) is 0 Å². The summed E-state index contributed by atoms with van der Waals surface area (Å²) in [6, 6.07) is 16.5. The minimum atomic E-state index is 0.0882. The maximum atomic E-state index is 11.5. The Labute approximate surface area is 182 Å². The van der Waals surface area contributed by atoms with Crippen LogP contribution in [0, 0.1) is 6.92 Å². The van der Waals surface area contributed by atoms with Crippen molar-refractivity contribution in [2.45, 2.75) is 26.2 Å². The Morgan fingerprint density at radius 3 is 2.87 bits per heavy atom. The van der Waals surface area contributed by atoms with Gasteiger partial charge in [0.1, 0.15) is 12.4 Å². The molecule has 5 nitrogen and oxygen atoms in total. The SMILES string of the molecule is Cc1ccc2c(OCCN3CCC(=Cc4ccc5c(c4)NC(=O)C5)CC3)cccc2n1. The monoisotopic (exact) mass is 413 g/mol. The number of nitrogens with one attached hydrogen (secondary N) is 1. The first kappa shape index (κ1) is 19.8. The Kier molecular flexibility index (Phi) is 5.43. The molecule has 0 bridgehead atoms. The van der Waals surface area contributed by atoms with Crippen molar-refractivity contribution in [1.29, 1.82) is 0 Å². The number of carbonyl (C=O) groups is 1. The second kappa shape index (κ2) is 8.52. The van der Waals surface area contributed by atoms with Crippen molar-refractivity contribution in [1.82, 2.24) is 9.88 Å². The molecule has 1 aromatic heterocycles. The molecular formula is C26H27N3O2. The topological polar surface area (TPSA) is 54.5 Å². The number of amides is 1. The van der Waals surface area contributed by atoms with Crippen molar-refractivity contribution >= 4 is 28.6 Å². The van der Waals surface area contributed by atoms with Gasteiger partial charge in [-0.25, -0.2) is 0 Å². The van der Waals surface area contributed by atoms with E-state index in [0.29, 0.717) is 13.0 Å². The van der Waals surface area contributed by atoms with Crippen LogP contribution >= 0.6 is 0 Å². The number of rotatable bonds is 5. The summed E-state index contributed by atoms with van der Waals surface area (Å²) in [6.45, 7) is 5.71. The number of aromatic nitrogens is 1. The fraction of sp³-hybridized carbons (Fsp3) is 0.308. The third kappa shape index (κ3) is 4.47. The van der Waals surface area contributed by atoms with Gasteiger partial charge in [0.05, 0.1) is 11.9 Å². The molecule has 2 aliphatic heterocycles. The van der Waals surface area contributed by atoms with Crippen LogP contribution in [0.1, 0.15) is 29.7 Å². The summed E-state index contributed by atoms with van der Waals surface area (Å²) in [5, 5.41) is 4.01. The van der Waals surface area contributed by atoms with E-state index in [1.54, 1.807) is 0 Å². The van der Waals surface area contributed by atoms with Gasteiger partial charge in [-0.3, -0.25) is 14.7 Å². The van der Waals surface area contributed by atoms with E-state index in [1.165, 1.54) is 11.1 Å². The van der Waals surface area contributed by atoms with Gasteiger partial charge < -0.3 is 10.1 Å². The standard InChI is InChI=1S/C26H27N3O2/c1-18-5-8-22-23(27-18)3-2-4-25(22)31-14-13-29-11-9-19(10-12-29)15-20-6-7-21-17-26(30)28-24(21)16-20/h2-8,15-16H,9-14,17H2,1H3,(H,28,30). The first-order valence-electron chi connectivity index (χ1n) is 11.0. The number of hydrogen-bond acceptors (Lipinski definition) is 4. The van der Waals surface area contributed by atoms with E-state index in [0.717, 1.165) is 66.1 Å². The lowest BCUT2D eigenvalue weighted by atomic mass is 10.00. The van der Waals surface area contributed by atoms with Gasteiger partial charge in [-0.1, -0.05) is 29.8 Å². The molecule has 0 radical (unpaired) electrons. The predicted molar refractivity (Wildman–Crippen MR) is 124 cm³/mol. The number of pyridine rings is 1. The van der Waals surface area contributed by atoms with E-state index in [-0.39, 0.29) is 5.91 Å². The highest BCUT2D eigenvalue weighted by Crippen LogP contribution is 2.27. The first-order valence-corrected chi connectivity index (χ1v) is 11.0. The van der Waals surface area contributed by atoms with Crippen molar-refractivity contribution < 1.29 is 9.53 Å². The lowest BCUT2D eigenvalue weighted by Crippen LogP contribution is -2.34. The molecule has 5 rings (SSSR count). The van der Waals surface area contributed by atoms with Crippen molar-refractivity contribution in [3.63, 3.8) is 0 Å². The Morgan fingerprint density at radius 1 is 1.13 bits per heavy atom. The molecule has 158 valence electrons. The van der Waals surface area contributed by atoms with Gasteiger partial charge in [0.25, 0.3) is 0 Å². The molecule has 3 aromatic rings. The summed E-state index contributed by atoms with van der Waals surface area (Å²) in [7, 11) is 0. The molecule has 1 fully saturated rings. The molecule has 1 saturated heterocycles. The van der Waals surface area contributed by atoms with Gasteiger partial charge in [-0.05, 0) is 61.2 Å². The summed E-state index contributed by atoms with van der Waals surface area (Å²) in [6.07, 6.45) is 4.92. The Morgan fingerprint density at radius 2 is 2.00 bits per heavy atom. The molecule has 31 heavy (non-hydrogen) atoms. The summed E-state index contributed by atoms with van der Waals surface area (Å²) < 4.78 is 6.10. The average Bonchev–Trinajstić information content (AvgIpc) is 3.14. The second-order valence-electron chi connectivity index (χ2n) is 8.41. The molecule has 0 unspecified atom stereocenters. The van der Waals surface area contributed by atoms with E-state index in [1.807, 2.05) is 31.2 Å². The molecule has 0 saturated carbocycles. The number of fused-ring (bicyclic) bond motifs is 2. The van der Waals surface area contributed by atoms with Crippen LogP contribution in [-0.4, -0.2) is 42.0 Å². The van der Waals surface area contributed by atoms with Crippen LogP contribution < -0.4 is 10.1 Å². The van der Waals surface area contributed by atoms with Gasteiger partial charge in [-0.15, -0.1) is 0 Å². The van der Waals surface area contributed by atoms with Crippen LogP contribution in [-0.2, 0) is 11.2 Å². The molecule has 0 atom stereocenters. The number of carbonyl (C=O) groups excluding carboxylic acids is 1. The fourth-order valence-corrected chi connectivity index (χ4v) is 4.40. The van der Waals surface area contributed by atoms with Gasteiger partial charge in [0, 0.05) is 36.4 Å². The van der Waals surface area contributed by atoms with Gasteiger partial charge in [0.2, 0.25) is 5.91 Å². The maximum absolute atomic E-state index is 11.5. The van der Waals surface area contributed by atoms with Crippen LogP contribution in [0.5, 0.6) is 5.75 Å². The zero-order valence-corrected chi connectivity index (χ0v) is 17.9. The number of anilines is 1. The molecule has 3 heterocycles. The van der Waals surface area contributed by atoms with Crippen LogP contribution in [0.3, 0.4) is 0 Å². The zero-order chi connectivity index (χ0) is 21.2. The summed E-state index contributed by atoms with van der Waals surface area (Å²) >= 11 is 0. The van der Waals surface area contributed by atoms with E-state index < -0.39 is 0 Å². The number of aryl methyl sites for hydroxylation is 1. The van der Waals surface area contributed by atoms with Crippen LogP contribution in [0.4, 0.5) is 5.69 Å². The van der Waals surface area contributed by atoms with E-state index >= 15 is 0 Å². The number of benzene rings is 2. The van der Waals surface area contributed by atoms with Crippen molar-refractivity contribution in [3.8, 4) is 5.75 Å². The normalized spacial score (nSPS) is 16.3. The highest BCUT2D eigenvalue weighted by molar-refractivity contribution is 5.99. The molecule has 1 amide bonds. The summed E-state index contributed by atoms with van der Waals surface area (Å²) in [5.74, 6) is 0.997. The molecule has 5 heteroatoms. The second-order valence-corrected chi connectivity index (χ2v) is 8.41. The largest absolute Gasteiger partial charge is 0.492 e. The van der Waals surface area contributed by atoms with Gasteiger partial charge >= 0.3 is 0 Å². The van der Waals surface area contributed by atoms with E-state index in [2.05, 4.69) is 45.5 Å². The van der Waals surface area contributed by atoms with E-state index in [9.17, 15) is 4.79 Å². The third-order valence-corrected chi connectivity index (χ3v) is 6.12. The predicted octanol–water partition coefficient (Wildman–Crippen LogP) is 4.60. The van der Waals surface area contributed by atoms with Crippen LogP contribution in [0.25, 0.3) is 17.0 Å². The number of nitrogens with zero attached hydrogens (tertiary/aromatic N) is 2. The van der Waals surface area contributed by atoms with Crippen LogP contribution in [0.15, 0.2) is 54.1 Å². The quantitative estimate of drug-likeness (QED) is 0.664. The molecule has 0 spiro atoms. The maximum Gasteiger partial charge on any atom is 0.228 e. The number of hydrogen-bond donors (Lipinski definition) is 1. The Balaban J connectivity index is 1.14. The minimum Gasteiger partial charge on any atom is -0.492 e. The Hall–Kier alpha value is -3.18. The lowest BCUT2D eigenvalue weighted by Gasteiger charge is -2.28. The van der Waals surface area contributed by atoms with E-state index in [4.69, 9.17) is 4.74 Å². The number of piperidine rings is 1. The highest BCUT2D eigenvalue weighted by Gasteiger charge is 2.18. The molecule has 2 aliphatic rings. The third-order valence-electron chi connectivity index (χ3n) is 6.12. The smallest absolute Gasteiger partial charge is 0.228 e. The number of likely N-dealkylation sites (tertiary alicyclic amines) is 1. The average molecular weight is 414 g/mol. The summed E-state index contributed by atoms with van der Waals surface area (Å²) in [4.78, 5) is 18.6. The first-order chi connectivity index (χ1) is 15.1. The van der Waals surface area contributed by atoms with Crippen molar-refractivity contribution in [2.24, 2.45) is 0 Å². The fourth-order valence-electron chi connectivity index (χ4n) is 4.40. The van der Waals surface area contributed by atoms with Crippen molar-refractivity contribution in [3.05, 3.63) is 70.9 Å². The van der Waals surface area contributed by atoms with Crippen LogP contribution in [0.2, 0.25) is 0 Å². The minimum absolute atomic E-state index is 0.0882. The highest BCUT2D eigenvalue weighted by atomic mass is 16.5. The van der Waals surface area contributed by atoms with Gasteiger partial charge in [0.15, 0.2) is 0 Å². The molecule has 0 aliphatic carbocycles. The molecular weight excluding hydrogens is 386 g/mol. The Bertz CT molecular complexity index is 1160.